The van der Waals surface area contributed by atoms with Gasteiger partial charge >= 0.3 is 0 Å². The molecule has 0 amide bonds. The third-order valence-corrected chi connectivity index (χ3v) is 1.84. The van der Waals surface area contributed by atoms with E-state index in [1.165, 1.54) is 0 Å². The van der Waals surface area contributed by atoms with Crippen LogP contribution in [0.25, 0.3) is 0 Å². The minimum absolute atomic E-state index is 0.585. The predicted octanol–water partition coefficient (Wildman–Crippen LogP) is 2.50. The van der Waals surface area contributed by atoms with E-state index < -0.39 is 0 Å². The third kappa shape index (κ3) is 4.70. The largest absolute Gasteiger partial charge is 0.494 e. The zero-order valence-electron chi connectivity index (χ0n) is 9.36. The van der Waals surface area contributed by atoms with E-state index in [1.54, 1.807) is 0 Å². The molecule has 0 aromatic heterocycles. The van der Waals surface area contributed by atoms with Gasteiger partial charge in [0.15, 0.2) is 0 Å². The van der Waals surface area contributed by atoms with Gasteiger partial charge in [0.05, 0.1) is 13.2 Å². The summed E-state index contributed by atoms with van der Waals surface area (Å²) >= 11 is 0. The number of hydrogen-bond acceptors (Lipinski definition) is 3. The van der Waals surface area contributed by atoms with Crippen molar-refractivity contribution in [2.75, 3.05) is 26.4 Å². The van der Waals surface area contributed by atoms with E-state index >= 15 is 0 Å². The van der Waals surface area contributed by atoms with E-state index in [9.17, 15) is 0 Å². The molecule has 3 heteroatoms. The SMILES string of the molecule is CCOCCOc1ccc(OCC)cc1. The van der Waals surface area contributed by atoms with Gasteiger partial charge in [-0.05, 0) is 38.1 Å². The molecule has 0 saturated carbocycles. The van der Waals surface area contributed by atoms with Crippen LogP contribution in [0.15, 0.2) is 24.3 Å². The Morgan fingerprint density at radius 2 is 1.40 bits per heavy atom. The lowest BCUT2D eigenvalue weighted by molar-refractivity contribution is 0.110. The zero-order valence-corrected chi connectivity index (χ0v) is 9.36. The van der Waals surface area contributed by atoms with Crippen molar-refractivity contribution in [3.8, 4) is 11.5 Å². The Hall–Kier alpha value is -1.22. The lowest BCUT2D eigenvalue weighted by atomic mass is 10.3. The van der Waals surface area contributed by atoms with Crippen LogP contribution in [0.1, 0.15) is 13.8 Å². The molecule has 0 unspecified atom stereocenters. The van der Waals surface area contributed by atoms with Gasteiger partial charge in [-0.3, -0.25) is 0 Å². The van der Waals surface area contributed by atoms with Gasteiger partial charge < -0.3 is 14.2 Å². The van der Waals surface area contributed by atoms with Crippen LogP contribution in [0.3, 0.4) is 0 Å². The molecule has 84 valence electrons. The predicted molar refractivity (Wildman–Crippen MR) is 59.6 cm³/mol. The van der Waals surface area contributed by atoms with Gasteiger partial charge in [0.1, 0.15) is 18.1 Å². The van der Waals surface area contributed by atoms with Crippen molar-refractivity contribution >= 4 is 0 Å². The smallest absolute Gasteiger partial charge is 0.119 e. The fourth-order valence-electron chi connectivity index (χ4n) is 1.16. The molecular formula is C12H18O3. The van der Waals surface area contributed by atoms with Crippen molar-refractivity contribution in [2.24, 2.45) is 0 Å². The first kappa shape index (κ1) is 11.9. The van der Waals surface area contributed by atoms with Gasteiger partial charge in [-0.15, -0.1) is 0 Å². The van der Waals surface area contributed by atoms with Crippen LogP contribution in [-0.2, 0) is 4.74 Å². The molecule has 0 N–H and O–H groups in total. The van der Waals surface area contributed by atoms with Crippen LogP contribution in [0, 0.1) is 0 Å². The summed E-state index contributed by atoms with van der Waals surface area (Å²) in [7, 11) is 0. The highest BCUT2D eigenvalue weighted by Crippen LogP contribution is 2.17. The normalized spacial score (nSPS) is 10.0. The van der Waals surface area contributed by atoms with Gasteiger partial charge in [-0.1, -0.05) is 0 Å². The average Bonchev–Trinajstić information content (AvgIpc) is 2.27. The van der Waals surface area contributed by atoms with Gasteiger partial charge in [0, 0.05) is 6.61 Å². The molecule has 1 rings (SSSR count). The quantitative estimate of drug-likeness (QED) is 0.647. The van der Waals surface area contributed by atoms with Gasteiger partial charge in [-0.2, -0.15) is 0 Å². The van der Waals surface area contributed by atoms with Crippen LogP contribution < -0.4 is 9.47 Å². The minimum Gasteiger partial charge on any atom is -0.494 e. The summed E-state index contributed by atoms with van der Waals surface area (Å²) in [4.78, 5) is 0. The summed E-state index contributed by atoms with van der Waals surface area (Å²) in [6.45, 7) is 6.56. The fourth-order valence-corrected chi connectivity index (χ4v) is 1.16. The lowest BCUT2D eigenvalue weighted by Gasteiger charge is -2.07. The van der Waals surface area contributed by atoms with E-state index in [1.807, 2.05) is 38.1 Å². The van der Waals surface area contributed by atoms with Crippen molar-refractivity contribution < 1.29 is 14.2 Å². The Labute approximate surface area is 91.0 Å². The summed E-state index contributed by atoms with van der Waals surface area (Å²) in [5.41, 5.74) is 0. The number of ether oxygens (including phenoxy) is 3. The van der Waals surface area contributed by atoms with Crippen LogP contribution in [-0.4, -0.2) is 26.4 Å². The summed E-state index contributed by atoms with van der Waals surface area (Å²) in [6.07, 6.45) is 0. The Morgan fingerprint density at radius 1 is 0.800 bits per heavy atom. The Balaban J connectivity index is 2.29. The standard InChI is InChI=1S/C12H18O3/c1-3-13-9-10-15-12-7-5-11(6-8-12)14-4-2/h5-8H,3-4,9-10H2,1-2H3. The average molecular weight is 210 g/mol. The van der Waals surface area contributed by atoms with Gasteiger partial charge in [0.25, 0.3) is 0 Å². The summed E-state index contributed by atoms with van der Waals surface area (Å²) < 4.78 is 16.0. The van der Waals surface area contributed by atoms with Crippen molar-refractivity contribution in [1.29, 1.82) is 0 Å². The molecule has 0 spiro atoms. The summed E-state index contributed by atoms with van der Waals surface area (Å²) in [6, 6.07) is 7.60. The third-order valence-electron chi connectivity index (χ3n) is 1.84. The maximum absolute atomic E-state index is 5.46. The Morgan fingerprint density at radius 3 is 1.93 bits per heavy atom. The van der Waals surface area contributed by atoms with E-state index in [-0.39, 0.29) is 0 Å². The first-order valence-corrected chi connectivity index (χ1v) is 5.30. The molecule has 0 bridgehead atoms. The number of benzene rings is 1. The molecule has 15 heavy (non-hydrogen) atoms. The second-order valence-corrected chi connectivity index (χ2v) is 2.95. The Bertz CT molecular complexity index is 256. The van der Waals surface area contributed by atoms with Crippen molar-refractivity contribution in [3.05, 3.63) is 24.3 Å². The van der Waals surface area contributed by atoms with Crippen LogP contribution in [0.5, 0.6) is 11.5 Å². The molecule has 0 aliphatic carbocycles. The zero-order chi connectivity index (χ0) is 10.9. The molecular weight excluding hydrogens is 192 g/mol. The van der Waals surface area contributed by atoms with Crippen LogP contribution >= 0.6 is 0 Å². The van der Waals surface area contributed by atoms with Crippen LogP contribution in [0.2, 0.25) is 0 Å². The van der Waals surface area contributed by atoms with Crippen LogP contribution in [0.4, 0.5) is 0 Å². The molecule has 0 heterocycles. The highest BCUT2D eigenvalue weighted by Gasteiger charge is 1.95. The van der Waals surface area contributed by atoms with Crippen molar-refractivity contribution in [1.82, 2.24) is 0 Å². The highest BCUT2D eigenvalue weighted by atomic mass is 16.5. The molecule has 0 fully saturated rings. The van der Waals surface area contributed by atoms with E-state index in [0.717, 1.165) is 18.1 Å². The second kappa shape index (κ2) is 7.12. The molecule has 0 aliphatic heterocycles. The molecule has 0 aliphatic rings. The van der Waals surface area contributed by atoms with E-state index in [0.29, 0.717) is 19.8 Å². The fraction of sp³-hybridized carbons (Fsp3) is 0.500. The van der Waals surface area contributed by atoms with Gasteiger partial charge in [-0.25, -0.2) is 0 Å². The first-order chi connectivity index (χ1) is 7.36. The first-order valence-electron chi connectivity index (χ1n) is 5.30. The second-order valence-electron chi connectivity index (χ2n) is 2.95. The molecule has 0 radical (unpaired) electrons. The number of hydrogen-bond donors (Lipinski definition) is 0. The molecule has 0 saturated heterocycles. The minimum atomic E-state index is 0.585. The summed E-state index contributed by atoms with van der Waals surface area (Å²) in [5.74, 6) is 1.72. The monoisotopic (exact) mass is 210 g/mol. The van der Waals surface area contributed by atoms with E-state index in [2.05, 4.69) is 0 Å². The van der Waals surface area contributed by atoms with Crippen molar-refractivity contribution in [2.45, 2.75) is 13.8 Å². The maximum Gasteiger partial charge on any atom is 0.119 e. The summed E-state index contributed by atoms with van der Waals surface area (Å²) in [5, 5.41) is 0. The lowest BCUT2D eigenvalue weighted by Crippen LogP contribution is -2.06. The van der Waals surface area contributed by atoms with Crippen molar-refractivity contribution in [3.63, 3.8) is 0 Å². The molecule has 0 atom stereocenters. The maximum atomic E-state index is 5.46. The topological polar surface area (TPSA) is 27.7 Å². The molecule has 1 aromatic carbocycles. The molecule has 1 aromatic rings. The van der Waals surface area contributed by atoms with E-state index in [4.69, 9.17) is 14.2 Å². The molecule has 3 nitrogen and oxygen atoms in total. The highest BCUT2D eigenvalue weighted by molar-refractivity contribution is 5.31. The Kier molecular flexibility index (Phi) is 5.63. The van der Waals surface area contributed by atoms with Gasteiger partial charge in [0.2, 0.25) is 0 Å². The number of rotatable bonds is 7.